The number of methoxy groups -OCH3 is 1. The van der Waals surface area contributed by atoms with Crippen LogP contribution in [0.4, 0.5) is 0 Å². The summed E-state index contributed by atoms with van der Waals surface area (Å²) in [7, 11) is 1.54. The van der Waals surface area contributed by atoms with Crippen molar-refractivity contribution in [2.75, 3.05) is 7.11 Å². The van der Waals surface area contributed by atoms with E-state index in [4.69, 9.17) is 16.3 Å². The molecule has 0 bridgehead atoms. The van der Waals surface area contributed by atoms with Crippen molar-refractivity contribution in [1.29, 1.82) is 0 Å². The largest absolute Gasteiger partial charge is 0.481 e. The molecule has 0 aliphatic carbocycles. The maximum absolute atomic E-state index is 6.18. The molecule has 2 aromatic rings. The summed E-state index contributed by atoms with van der Waals surface area (Å²) in [5, 5.41) is 0.359. The molecule has 106 valence electrons. The molecule has 20 heavy (non-hydrogen) atoms. The number of rotatable bonds is 2. The van der Waals surface area contributed by atoms with Gasteiger partial charge in [-0.1, -0.05) is 32.4 Å². The Morgan fingerprint density at radius 3 is 2.50 bits per heavy atom. The van der Waals surface area contributed by atoms with Gasteiger partial charge in [0, 0.05) is 11.5 Å². The molecular weight excluding hydrogens is 344 g/mol. The summed E-state index contributed by atoms with van der Waals surface area (Å²) >= 11 is 9.61. The lowest BCUT2D eigenvalue weighted by Gasteiger charge is -2.20. The van der Waals surface area contributed by atoms with E-state index < -0.39 is 0 Å². The van der Waals surface area contributed by atoms with Crippen LogP contribution in [0, 0.1) is 0 Å². The SMILES string of the molecule is COc1cc(-c2nc(Cl)c(Br)c(C(C)(C)C)n2)ncn1. The van der Waals surface area contributed by atoms with E-state index in [-0.39, 0.29) is 5.41 Å². The smallest absolute Gasteiger partial charge is 0.216 e. The summed E-state index contributed by atoms with van der Waals surface area (Å²) in [6, 6.07) is 1.67. The minimum Gasteiger partial charge on any atom is -0.481 e. The topological polar surface area (TPSA) is 60.8 Å². The molecule has 5 nitrogen and oxygen atoms in total. The van der Waals surface area contributed by atoms with E-state index in [2.05, 4.69) is 56.6 Å². The second kappa shape index (κ2) is 5.61. The molecule has 0 saturated heterocycles. The van der Waals surface area contributed by atoms with Crippen molar-refractivity contribution < 1.29 is 4.74 Å². The van der Waals surface area contributed by atoms with E-state index in [1.165, 1.54) is 6.33 Å². The van der Waals surface area contributed by atoms with Gasteiger partial charge < -0.3 is 4.74 Å². The van der Waals surface area contributed by atoms with Crippen LogP contribution >= 0.6 is 27.5 Å². The van der Waals surface area contributed by atoms with Crippen LogP contribution in [0.15, 0.2) is 16.9 Å². The average molecular weight is 358 g/mol. The summed E-state index contributed by atoms with van der Waals surface area (Å²) in [5.41, 5.74) is 1.22. The van der Waals surface area contributed by atoms with Crippen LogP contribution in [0.5, 0.6) is 5.88 Å². The number of ether oxygens (including phenoxy) is 1. The van der Waals surface area contributed by atoms with Gasteiger partial charge in [-0.25, -0.2) is 19.9 Å². The Morgan fingerprint density at radius 2 is 1.90 bits per heavy atom. The molecule has 0 radical (unpaired) electrons. The second-order valence-corrected chi connectivity index (χ2v) is 6.35. The molecule has 2 heterocycles. The number of nitrogens with zero attached hydrogens (tertiary/aromatic N) is 4. The van der Waals surface area contributed by atoms with Crippen LogP contribution in [0.25, 0.3) is 11.5 Å². The summed E-state index contributed by atoms with van der Waals surface area (Å²) in [6.45, 7) is 6.17. The number of hydrogen-bond acceptors (Lipinski definition) is 5. The van der Waals surface area contributed by atoms with Gasteiger partial charge in [-0.2, -0.15) is 0 Å². The maximum atomic E-state index is 6.18. The molecule has 2 aromatic heterocycles. The quantitative estimate of drug-likeness (QED) is 0.768. The van der Waals surface area contributed by atoms with E-state index in [9.17, 15) is 0 Å². The minimum absolute atomic E-state index is 0.169. The van der Waals surface area contributed by atoms with Gasteiger partial charge in [0.1, 0.15) is 17.2 Å². The number of aromatic nitrogens is 4. The highest BCUT2D eigenvalue weighted by atomic mass is 79.9. The highest BCUT2D eigenvalue weighted by molar-refractivity contribution is 9.10. The first-order valence-electron chi connectivity index (χ1n) is 5.93. The van der Waals surface area contributed by atoms with Crippen molar-refractivity contribution >= 4 is 27.5 Å². The first kappa shape index (κ1) is 15.1. The molecule has 0 aliphatic heterocycles. The van der Waals surface area contributed by atoms with E-state index in [1.54, 1.807) is 13.2 Å². The van der Waals surface area contributed by atoms with Crippen LogP contribution < -0.4 is 4.74 Å². The van der Waals surface area contributed by atoms with Gasteiger partial charge in [0.05, 0.1) is 17.3 Å². The van der Waals surface area contributed by atoms with Crippen molar-refractivity contribution in [2.45, 2.75) is 26.2 Å². The Labute approximate surface area is 130 Å². The lowest BCUT2D eigenvalue weighted by atomic mass is 9.92. The lowest BCUT2D eigenvalue weighted by molar-refractivity contribution is 0.397. The minimum atomic E-state index is -0.169. The summed E-state index contributed by atoms with van der Waals surface area (Å²) in [5.74, 6) is 0.902. The molecule has 0 amide bonds. The summed E-state index contributed by atoms with van der Waals surface area (Å²) in [6.07, 6.45) is 1.41. The van der Waals surface area contributed by atoms with Crippen LogP contribution in [0.2, 0.25) is 5.15 Å². The highest BCUT2D eigenvalue weighted by Crippen LogP contribution is 2.33. The van der Waals surface area contributed by atoms with Gasteiger partial charge in [0.2, 0.25) is 5.88 Å². The average Bonchev–Trinajstić information content (AvgIpc) is 2.40. The monoisotopic (exact) mass is 356 g/mol. The molecule has 0 aromatic carbocycles. The highest BCUT2D eigenvalue weighted by Gasteiger charge is 2.23. The fourth-order valence-electron chi connectivity index (χ4n) is 1.60. The third kappa shape index (κ3) is 3.07. The zero-order valence-electron chi connectivity index (χ0n) is 11.6. The summed E-state index contributed by atoms with van der Waals surface area (Å²) in [4.78, 5) is 16.9. The van der Waals surface area contributed by atoms with Gasteiger partial charge in [-0.15, -0.1) is 0 Å². The van der Waals surface area contributed by atoms with Gasteiger partial charge in [-0.05, 0) is 15.9 Å². The van der Waals surface area contributed by atoms with Crippen molar-refractivity contribution in [3.05, 3.63) is 27.7 Å². The van der Waals surface area contributed by atoms with Crippen molar-refractivity contribution in [1.82, 2.24) is 19.9 Å². The molecule has 2 rings (SSSR count). The Balaban J connectivity index is 2.60. The molecule has 0 atom stereocenters. The van der Waals surface area contributed by atoms with Crippen LogP contribution in [0.3, 0.4) is 0 Å². The molecule has 0 spiro atoms. The first-order chi connectivity index (χ1) is 9.32. The van der Waals surface area contributed by atoms with Crippen molar-refractivity contribution in [2.24, 2.45) is 0 Å². The van der Waals surface area contributed by atoms with Gasteiger partial charge in [-0.3, -0.25) is 0 Å². The Bertz CT molecular complexity index is 643. The van der Waals surface area contributed by atoms with Crippen LogP contribution in [-0.4, -0.2) is 27.0 Å². The molecule has 0 N–H and O–H groups in total. The number of halogens is 2. The van der Waals surface area contributed by atoms with E-state index >= 15 is 0 Å². The van der Waals surface area contributed by atoms with Crippen molar-refractivity contribution in [3.8, 4) is 17.4 Å². The maximum Gasteiger partial charge on any atom is 0.216 e. The molecule has 7 heteroatoms. The fraction of sp³-hybridized carbons (Fsp3) is 0.385. The van der Waals surface area contributed by atoms with Gasteiger partial charge in [0.25, 0.3) is 0 Å². The standard InChI is InChI=1S/C13H14BrClN4O/c1-13(2,3)10-9(14)11(15)19-12(18-10)7-5-8(20-4)17-6-16-7/h5-6H,1-4H3. The lowest BCUT2D eigenvalue weighted by Crippen LogP contribution is -2.16. The van der Waals surface area contributed by atoms with Crippen LogP contribution in [0.1, 0.15) is 26.5 Å². The van der Waals surface area contributed by atoms with E-state index in [1.807, 2.05) is 0 Å². The molecule has 0 saturated carbocycles. The predicted molar refractivity (Wildman–Crippen MR) is 81.0 cm³/mol. The molecule has 0 aliphatic rings. The third-order valence-corrected chi connectivity index (χ3v) is 3.85. The van der Waals surface area contributed by atoms with E-state index in [0.29, 0.717) is 27.0 Å². The second-order valence-electron chi connectivity index (χ2n) is 5.20. The molecular formula is C13H14BrClN4O. The Morgan fingerprint density at radius 1 is 1.20 bits per heavy atom. The predicted octanol–water partition coefficient (Wildman–Crippen LogP) is 3.66. The zero-order valence-corrected chi connectivity index (χ0v) is 13.9. The van der Waals surface area contributed by atoms with Gasteiger partial charge in [0.15, 0.2) is 5.82 Å². The van der Waals surface area contributed by atoms with Gasteiger partial charge >= 0.3 is 0 Å². The molecule has 0 unspecified atom stereocenters. The zero-order chi connectivity index (χ0) is 14.9. The first-order valence-corrected chi connectivity index (χ1v) is 7.10. The number of hydrogen-bond donors (Lipinski definition) is 0. The summed E-state index contributed by atoms with van der Waals surface area (Å²) < 4.78 is 5.78. The van der Waals surface area contributed by atoms with Crippen molar-refractivity contribution in [3.63, 3.8) is 0 Å². The van der Waals surface area contributed by atoms with E-state index in [0.717, 1.165) is 5.69 Å². The third-order valence-electron chi connectivity index (χ3n) is 2.60. The Kier molecular flexibility index (Phi) is 4.25. The fourth-order valence-corrected chi connectivity index (χ4v) is 2.55. The Hall–Kier alpha value is -1.27. The normalized spacial score (nSPS) is 11.5. The van der Waals surface area contributed by atoms with Crippen LogP contribution in [-0.2, 0) is 5.41 Å². The molecule has 0 fully saturated rings.